The molecule has 0 heterocycles. The second kappa shape index (κ2) is 8.54. The summed E-state index contributed by atoms with van der Waals surface area (Å²) < 4.78 is 5.57. The molecular weight excluding hydrogens is 420 g/mol. The van der Waals surface area contributed by atoms with Gasteiger partial charge in [0.15, 0.2) is 0 Å². The van der Waals surface area contributed by atoms with Crippen LogP contribution in [0.15, 0.2) is 48.5 Å². The van der Waals surface area contributed by atoms with Crippen LogP contribution in [0.3, 0.4) is 0 Å². The van der Waals surface area contributed by atoms with Crippen LogP contribution in [0, 0.1) is 11.3 Å². The molecule has 0 spiro atoms. The minimum Gasteiger partial charge on any atom is -0.481 e. The molecule has 3 aliphatic rings. The summed E-state index contributed by atoms with van der Waals surface area (Å²) in [5.74, 6) is -0.712. The molecule has 7 nitrogen and oxygen atoms in total. The fraction of sp³-hybridized carbons (Fsp3) is 0.423. The maximum absolute atomic E-state index is 12.7. The molecule has 0 unspecified atom stereocenters. The Balaban J connectivity index is 1.11. The number of fused-ring (bicyclic) bond motifs is 3. The first-order valence-electron chi connectivity index (χ1n) is 11.6. The summed E-state index contributed by atoms with van der Waals surface area (Å²) in [5, 5.41) is 14.7. The Kier molecular flexibility index (Phi) is 5.56. The monoisotopic (exact) mass is 448 g/mol. The molecule has 2 fully saturated rings. The predicted octanol–water partition coefficient (Wildman–Crippen LogP) is 3.67. The molecule has 33 heavy (non-hydrogen) atoms. The quantitative estimate of drug-likeness (QED) is 0.572. The number of hydrogen-bond acceptors (Lipinski definition) is 4. The largest absolute Gasteiger partial charge is 0.481 e. The third-order valence-electron chi connectivity index (χ3n) is 7.28. The molecule has 0 radical (unpaired) electrons. The molecule has 0 aromatic heterocycles. The van der Waals surface area contributed by atoms with E-state index >= 15 is 0 Å². The Hall–Kier alpha value is -3.35. The Bertz CT molecular complexity index is 1040. The van der Waals surface area contributed by atoms with Crippen molar-refractivity contribution < 1.29 is 24.2 Å². The summed E-state index contributed by atoms with van der Waals surface area (Å²) in [4.78, 5) is 35.9. The van der Waals surface area contributed by atoms with Crippen molar-refractivity contribution >= 4 is 18.0 Å². The van der Waals surface area contributed by atoms with Gasteiger partial charge in [0, 0.05) is 24.9 Å². The number of ether oxygens (including phenoxy) is 1. The molecule has 2 amide bonds. The van der Waals surface area contributed by atoms with Gasteiger partial charge in [0.1, 0.15) is 6.61 Å². The molecule has 0 saturated heterocycles. The highest BCUT2D eigenvalue weighted by Gasteiger charge is 2.51. The highest BCUT2D eigenvalue weighted by atomic mass is 16.5. The standard InChI is InChI=1S/C26H28N2O5/c29-23(30)13-16-11-17(12-16)28-24(31)26(9-10-26)15-27-25(32)33-14-22-20-7-3-1-5-18(20)19-6-2-4-8-21(19)22/h1-8,16-17,22H,9-15H2,(H,27,32)(H,28,31)(H,29,30). The molecule has 172 valence electrons. The Labute approximate surface area is 192 Å². The minimum absolute atomic E-state index is 0.00121. The molecule has 3 N–H and O–H groups in total. The number of aliphatic carboxylic acids is 1. The average Bonchev–Trinajstić information content (AvgIpc) is 3.51. The Morgan fingerprint density at radius 2 is 1.58 bits per heavy atom. The molecule has 2 aromatic carbocycles. The zero-order valence-corrected chi connectivity index (χ0v) is 18.4. The molecule has 7 heteroatoms. The lowest BCUT2D eigenvalue weighted by molar-refractivity contribution is -0.139. The predicted molar refractivity (Wildman–Crippen MR) is 122 cm³/mol. The van der Waals surface area contributed by atoms with Crippen molar-refractivity contribution in [1.29, 1.82) is 0 Å². The van der Waals surface area contributed by atoms with Crippen molar-refractivity contribution in [2.24, 2.45) is 11.3 Å². The van der Waals surface area contributed by atoms with Crippen molar-refractivity contribution in [1.82, 2.24) is 10.6 Å². The Morgan fingerprint density at radius 3 is 2.15 bits per heavy atom. The number of carbonyl (C=O) groups is 3. The van der Waals surface area contributed by atoms with Crippen molar-refractivity contribution in [2.75, 3.05) is 13.2 Å². The number of amides is 2. The molecule has 5 rings (SSSR count). The van der Waals surface area contributed by atoms with Crippen LogP contribution < -0.4 is 10.6 Å². The topological polar surface area (TPSA) is 105 Å². The fourth-order valence-electron chi connectivity index (χ4n) is 5.13. The first-order valence-corrected chi connectivity index (χ1v) is 11.6. The van der Waals surface area contributed by atoms with Gasteiger partial charge in [0.05, 0.1) is 5.41 Å². The van der Waals surface area contributed by atoms with Gasteiger partial charge in [0.25, 0.3) is 0 Å². The maximum Gasteiger partial charge on any atom is 0.407 e. The van der Waals surface area contributed by atoms with Crippen LogP contribution in [0.5, 0.6) is 0 Å². The third kappa shape index (κ3) is 4.32. The van der Waals surface area contributed by atoms with Crippen LogP contribution in [0.4, 0.5) is 4.79 Å². The van der Waals surface area contributed by atoms with Crippen molar-refractivity contribution in [2.45, 2.75) is 44.1 Å². The number of carbonyl (C=O) groups excluding carboxylic acids is 2. The van der Waals surface area contributed by atoms with Crippen molar-refractivity contribution in [3.05, 3.63) is 59.7 Å². The van der Waals surface area contributed by atoms with E-state index < -0.39 is 17.5 Å². The molecule has 2 aromatic rings. The first-order chi connectivity index (χ1) is 15.9. The number of rotatable bonds is 8. The summed E-state index contributed by atoms with van der Waals surface area (Å²) in [5.41, 5.74) is 4.11. The molecule has 0 aliphatic heterocycles. The SMILES string of the molecule is O=C(O)CC1CC(NC(=O)C2(CNC(=O)OCC3c4ccccc4-c4ccccc43)CC2)C1. The van der Waals surface area contributed by atoms with Crippen LogP contribution in [0.1, 0.15) is 49.1 Å². The van der Waals surface area contributed by atoms with Crippen LogP contribution >= 0.6 is 0 Å². The Morgan fingerprint density at radius 1 is 0.970 bits per heavy atom. The lowest BCUT2D eigenvalue weighted by atomic mass is 9.78. The van der Waals surface area contributed by atoms with Crippen LogP contribution in [0.25, 0.3) is 11.1 Å². The number of carboxylic acid groups (broad SMARTS) is 1. The molecule has 0 bridgehead atoms. The van der Waals surface area contributed by atoms with Crippen LogP contribution in [-0.2, 0) is 14.3 Å². The highest BCUT2D eigenvalue weighted by molar-refractivity contribution is 5.86. The zero-order chi connectivity index (χ0) is 23.0. The van der Waals surface area contributed by atoms with Gasteiger partial charge in [-0.2, -0.15) is 0 Å². The van der Waals surface area contributed by atoms with Crippen molar-refractivity contribution in [3.8, 4) is 11.1 Å². The van der Waals surface area contributed by atoms with E-state index in [0.29, 0.717) is 12.8 Å². The van der Waals surface area contributed by atoms with E-state index in [4.69, 9.17) is 9.84 Å². The summed E-state index contributed by atoms with van der Waals surface area (Å²) >= 11 is 0. The van der Waals surface area contributed by atoms with Gasteiger partial charge >= 0.3 is 12.1 Å². The van der Waals surface area contributed by atoms with Crippen LogP contribution in [-0.4, -0.2) is 42.3 Å². The molecule has 0 atom stereocenters. The van der Waals surface area contributed by atoms with E-state index in [0.717, 1.165) is 24.0 Å². The first kappa shape index (κ1) is 21.5. The molecule has 3 aliphatic carbocycles. The second-order valence-electron chi connectivity index (χ2n) is 9.57. The van der Waals surface area contributed by atoms with Gasteiger partial charge in [-0.25, -0.2) is 4.79 Å². The molecule has 2 saturated carbocycles. The van der Waals surface area contributed by atoms with E-state index in [9.17, 15) is 14.4 Å². The number of nitrogens with one attached hydrogen (secondary N) is 2. The number of carboxylic acids is 1. The fourth-order valence-corrected chi connectivity index (χ4v) is 5.13. The highest BCUT2D eigenvalue weighted by Crippen LogP contribution is 2.46. The number of alkyl carbamates (subject to hydrolysis) is 1. The van der Waals surface area contributed by atoms with E-state index in [1.807, 2.05) is 24.3 Å². The zero-order valence-electron chi connectivity index (χ0n) is 18.4. The van der Waals surface area contributed by atoms with E-state index in [1.54, 1.807) is 0 Å². The number of hydrogen-bond donors (Lipinski definition) is 3. The van der Waals surface area contributed by atoms with Gasteiger partial charge in [-0.05, 0) is 53.9 Å². The van der Waals surface area contributed by atoms with Gasteiger partial charge in [0.2, 0.25) is 5.91 Å². The van der Waals surface area contributed by atoms with E-state index in [2.05, 4.69) is 34.9 Å². The smallest absolute Gasteiger partial charge is 0.407 e. The van der Waals surface area contributed by atoms with E-state index in [-0.39, 0.29) is 43.4 Å². The van der Waals surface area contributed by atoms with Gasteiger partial charge in [-0.3, -0.25) is 9.59 Å². The third-order valence-corrected chi connectivity index (χ3v) is 7.28. The average molecular weight is 449 g/mol. The lowest BCUT2D eigenvalue weighted by Crippen LogP contribution is -2.49. The van der Waals surface area contributed by atoms with Crippen LogP contribution in [0.2, 0.25) is 0 Å². The van der Waals surface area contributed by atoms with Gasteiger partial charge in [-0.15, -0.1) is 0 Å². The second-order valence-corrected chi connectivity index (χ2v) is 9.57. The number of benzene rings is 2. The summed E-state index contributed by atoms with van der Waals surface area (Å²) in [6.07, 6.45) is 2.51. The van der Waals surface area contributed by atoms with E-state index in [1.165, 1.54) is 11.1 Å². The lowest BCUT2D eigenvalue weighted by Gasteiger charge is -2.36. The minimum atomic E-state index is -0.796. The summed E-state index contributed by atoms with van der Waals surface area (Å²) in [7, 11) is 0. The summed E-state index contributed by atoms with van der Waals surface area (Å²) in [6, 6.07) is 16.4. The van der Waals surface area contributed by atoms with Gasteiger partial charge < -0.3 is 20.5 Å². The maximum atomic E-state index is 12.7. The van der Waals surface area contributed by atoms with Gasteiger partial charge in [-0.1, -0.05) is 48.5 Å². The normalized spacial score (nSPS) is 21.8. The molecular formula is C26H28N2O5. The summed E-state index contributed by atoms with van der Waals surface area (Å²) in [6.45, 7) is 0.493. The van der Waals surface area contributed by atoms with Crippen molar-refractivity contribution in [3.63, 3.8) is 0 Å².